The van der Waals surface area contributed by atoms with E-state index in [-0.39, 0.29) is 0 Å². The summed E-state index contributed by atoms with van der Waals surface area (Å²) in [7, 11) is 0. The molecule has 1 aliphatic carbocycles. The molecule has 2 heteroatoms. The van der Waals surface area contributed by atoms with Gasteiger partial charge in [0.25, 0.3) is 0 Å². The molecule has 2 atom stereocenters. The van der Waals surface area contributed by atoms with E-state index in [1.54, 1.807) is 0 Å². The second-order valence-corrected chi connectivity index (χ2v) is 6.92. The van der Waals surface area contributed by atoms with Crippen LogP contribution in [-0.4, -0.2) is 11.0 Å². The van der Waals surface area contributed by atoms with Crippen molar-refractivity contribution in [1.82, 2.24) is 4.98 Å². The normalized spacial score (nSPS) is 22.6. The second-order valence-electron chi connectivity index (χ2n) is 6.92. The number of pyridine rings is 1. The van der Waals surface area contributed by atoms with Gasteiger partial charge in [0.15, 0.2) is 0 Å². The van der Waals surface area contributed by atoms with Crippen molar-refractivity contribution in [3.63, 3.8) is 0 Å². The van der Waals surface area contributed by atoms with Crippen LogP contribution >= 0.6 is 0 Å². The van der Waals surface area contributed by atoms with E-state index in [0.29, 0.717) is 6.04 Å². The fourth-order valence-electron chi connectivity index (χ4n) is 3.69. The first-order chi connectivity index (χ1) is 10.2. The van der Waals surface area contributed by atoms with E-state index in [1.165, 1.54) is 43.2 Å². The molecule has 0 spiro atoms. The molecule has 1 heterocycles. The minimum atomic E-state index is 0.616. The minimum Gasteiger partial charge on any atom is -0.381 e. The third-order valence-corrected chi connectivity index (χ3v) is 4.55. The molecule has 2 nitrogen and oxygen atoms in total. The highest BCUT2D eigenvalue weighted by molar-refractivity contribution is 5.81. The monoisotopic (exact) mass is 282 g/mol. The van der Waals surface area contributed by atoms with Crippen molar-refractivity contribution in [3.05, 3.63) is 36.5 Å². The van der Waals surface area contributed by atoms with Gasteiger partial charge < -0.3 is 5.32 Å². The molecule has 0 amide bonds. The lowest BCUT2D eigenvalue weighted by atomic mass is 9.81. The fraction of sp³-hybridized carbons (Fsp3) is 0.526. The zero-order valence-electron chi connectivity index (χ0n) is 13.2. The summed E-state index contributed by atoms with van der Waals surface area (Å²) in [4.78, 5) is 4.55. The Morgan fingerprint density at radius 1 is 1.24 bits per heavy atom. The van der Waals surface area contributed by atoms with E-state index in [0.717, 1.165) is 17.4 Å². The van der Waals surface area contributed by atoms with Crippen molar-refractivity contribution in [1.29, 1.82) is 0 Å². The molecule has 1 aliphatic rings. The average Bonchev–Trinajstić information content (AvgIpc) is 2.47. The molecule has 112 valence electrons. The first kappa shape index (κ1) is 14.4. The predicted molar refractivity (Wildman–Crippen MR) is 90.6 cm³/mol. The van der Waals surface area contributed by atoms with Gasteiger partial charge in [-0.15, -0.1) is 0 Å². The Morgan fingerprint density at radius 2 is 2.10 bits per heavy atom. The molecule has 1 N–H and O–H groups in total. The van der Waals surface area contributed by atoms with Gasteiger partial charge in [-0.3, -0.25) is 4.98 Å². The van der Waals surface area contributed by atoms with Crippen LogP contribution in [0.1, 0.15) is 46.0 Å². The number of benzene rings is 1. The second kappa shape index (κ2) is 6.46. The first-order valence-electron chi connectivity index (χ1n) is 8.32. The Morgan fingerprint density at radius 3 is 2.95 bits per heavy atom. The number of hydrogen-bond donors (Lipinski definition) is 1. The van der Waals surface area contributed by atoms with Crippen LogP contribution in [0, 0.1) is 11.8 Å². The fourth-order valence-corrected chi connectivity index (χ4v) is 3.69. The summed E-state index contributed by atoms with van der Waals surface area (Å²) in [5.74, 6) is 1.71. The topological polar surface area (TPSA) is 24.9 Å². The lowest BCUT2D eigenvalue weighted by Crippen LogP contribution is -2.28. The van der Waals surface area contributed by atoms with Crippen LogP contribution < -0.4 is 5.32 Å². The maximum atomic E-state index is 4.55. The highest BCUT2D eigenvalue weighted by Crippen LogP contribution is 2.31. The van der Waals surface area contributed by atoms with Gasteiger partial charge in [0, 0.05) is 11.4 Å². The van der Waals surface area contributed by atoms with Crippen LogP contribution in [0.15, 0.2) is 36.5 Å². The summed E-state index contributed by atoms with van der Waals surface area (Å²) >= 11 is 0. The van der Waals surface area contributed by atoms with Crippen LogP contribution in [0.5, 0.6) is 0 Å². The van der Waals surface area contributed by atoms with E-state index >= 15 is 0 Å². The van der Waals surface area contributed by atoms with Crippen LogP contribution in [0.4, 0.5) is 5.69 Å². The van der Waals surface area contributed by atoms with Crippen molar-refractivity contribution in [2.75, 3.05) is 5.32 Å². The van der Waals surface area contributed by atoms with Crippen molar-refractivity contribution in [2.45, 2.75) is 52.0 Å². The van der Waals surface area contributed by atoms with Crippen molar-refractivity contribution >= 4 is 16.6 Å². The molecular formula is C19H26N2. The van der Waals surface area contributed by atoms with Gasteiger partial charge in [-0.2, -0.15) is 0 Å². The molecule has 2 aromatic rings. The largest absolute Gasteiger partial charge is 0.381 e. The van der Waals surface area contributed by atoms with Crippen LogP contribution in [0.25, 0.3) is 10.9 Å². The van der Waals surface area contributed by atoms with Crippen molar-refractivity contribution in [3.8, 4) is 0 Å². The van der Waals surface area contributed by atoms with Gasteiger partial charge in [0.1, 0.15) is 0 Å². The molecule has 1 saturated carbocycles. The molecule has 0 radical (unpaired) electrons. The number of anilines is 1. The van der Waals surface area contributed by atoms with E-state index in [1.807, 2.05) is 12.3 Å². The predicted octanol–water partition coefficient (Wildman–Crippen LogP) is 5.25. The summed E-state index contributed by atoms with van der Waals surface area (Å²) in [6.45, 7) is 4.68. The lowest BCUT2D eigenvalue weighted by Gasteiger charge is -2.31. The number of para-hydroxylation sites is 1. The zero-order valence-corrected chi connectivity index (χ0v) is 13.2. The minimum absolute atomic E-state index is 0.616. The lowest BCUT2D eigenvalue weighted by molar-refractivity contribution is 0.289. The Balaban J connectivity index is 1.66. The molecule has 0 bridgehead atoms. The van der Waals surface area contributed by atoms with Gasteiger partial charge in [0.2, 0.25) is 0 Å². The van der Waals surface area contributed by atoms with E-state index < -0.39 is 0 Å². The van der Waals surface area contributed by atoms with Gasteiger partial charge in [-0.1, -0.05) is 44.9 Å². The summed E-state index contributed by atoms with van der Waals surface area (Å²) in [6.07, 6.45) is 8.72. The Kier molecular flexibility index (Phi) is 4.42. The third kappa shape index (κ3) is 3.75. The Bertz CT molecular complexity index is 591. The summed E-state index contributed by atoms with van der Waals surface area (Å²) in [5, 5.41) is 4.93. The van der Waals surface area contributed by atoms with E-state index in [4.69, 9.17) is 0 Å². The van der Waals surface area contributed by atoms with Crippen molar-refractivity contribution in [2.24, 2.45) is 11.8 Å². The highest BCUT2D eigenvalue weighted by atomic mass is 14.9. The van der Waals surface area contributed by atoms with E-state index in [9.17, 15) is 0 Å². The summed E-state index contributed by atoms with van der Waals surface area (Å²) in [5.41, 5.74) is 2.24. The molecule has 1 aromatic heterocycles. The molecule has 0 aliphatic heterocycles. The Labute approximate surface area is 128 Å². The quantitative estimate of drug-likeness (QED) is 0.828. The number of rotatable bonds is 4. The number of nitrogens with one attached hydrogen (secondary N) is 1. The summed E-state index contributed by atoms with van der Waals surface area (Å²) in [6, 6.07) is 11.2. The SMILES string of the molecule is CC(C)CC1CCCC(Nc2cnc3ccccc3c2)C1. The first-order valence-corrected chi connectivity index (χ1v) is 8.32. The standard InChI is InChI=1S/C19H26N2/c1-14(2)10-15-6-5-8-17(11-15)21-18-12-16-7-3-4-9-19(16)20-13-18/h3-4,7,9,12-15,17,21H,5-6,8,10-11H2,1-2H3. The van der Waals surface area contributed by atoms with Crippen LogP contribution in [0.3, 0.4) is 0 Å². The van der Waals surface area contributed by atoms with Gasteiger partial charge in [-0.25, -0.2) is 0 Å². The highest BCUT2D eigenvalue weighted by Gasteiger charge is 2.22. The number of aromatic nitrogens is 1. The molecule has 1 aromatic carbocycles. The number of fused-ring (bicyclic) bond motifs is 1. The van der Waals surface area contributed by atoms with Crippen LogP contribution in [-0.2, 0) is 0 Å². The molecule has 2 unspecified atom stereocenters. The van der Waals surface area contributed by atoms with Gasteiger partial charge >= 0.3 is 0 Å². The number of nitrogens with zero attached hydrogens (tertiary/aromatic N) is 1. The molecule has 3 rings (SSSR count). The average molecular weight is 282 g/mol. The molecule has 0 saturated heterocycles. The summed E-state index contributed by atoms with van der Waals surface area (Å²) < 4.78 is 0. The van der Waals surface area contributed by atoms with Gasteiger partial charge in [0.05, 0.1) is 17.4 Å². The smallest absolute Gasteiger partial charge is 0.0703 e. The molecular weight excluding hydrogens is 256 g/mol. The van der Waals surface area contributed by atoms with Crippen molar-refractivity contribution < 1.29 is 0 Å². The van der Waals surface area contributed by atoms with E-state index in [2.05, 4.69) is 48.4 Å². The third-order valence-electron chi connectivity index (χ3n) is 4.55. The Hall–Kier alpha value is -1.57. The maximum absolute atomic E-state index is 4.55. The van der Waals surface area contributed by atoms with Crippen LogP contribution in [0.2, 0.25) is 0 Å². The number of hydrogen-bond acceptors (Lipinski definition) is 2. The molecule has 1 fully saturated rings. The molecule has 21 heavy (non-hydrogen) atoms. The van der Waals surface area contributed by atoms with Gasteiger partial charge in [-0.05, 0) is 43.2 Å². The zero-order chi connectivity index (χ0) is 14.7. The maximum Gasteiger partial charge on any atom is 0.0703 e.